The number of nitrogens with zero attached hydrogens (tertiary/aromatic N) is 7. The summed E-state index contributed by atoms with van der Waals surface area (Å²) in [5.41, 5.74) is 9.41. The Morgan fingerprint density at radius 2 is 0.977 bits per heavy atom. The Labute approximate surface area is 248 Å². The fourth-order valence-corrected chi connectivity index (χ4v) is 5.96. The second-order valence-electron chi connectivity index (χ2n) is 10.3. The summed E-state index contributed by atoms with van der Waals surface area (Å²) in [5.74, 6) is 0. The Morgan fingerprint density at radius 3 is 1.80 bits per heavy atom. The van der Waals surface area contributed by atoms with Gasteiger partial charge in [-0.1, -0.05) is 78.9 Å². The molecule has 0 fully saturated rings. The van der Waals surface area contributed by atoms with E-state index in [-0.39, 0.29) is 0 Å². The lowest BCUT2D eigenvalue weighted by Gasteiger charge is -2.25. The molecule has 0 bridgehead atoms. The van der Waals surface area contributed by atoms with Crippen molar-refractivity contribution in [2.75, 3.05) is 4.90 Å². The quantitative estimate of drug-likeness (QED) is 0.199. The van der Waals surface area contributed by atoms with Crippen LogP contribution in [0.1, 0.15) is 0 Å². The molecule has 9 rings (SSSR count). The molecule has 208 valence electrons. The molecule has 3 aromatic heterocycles. The van der Waals surface area contributed by atoms with Gasteiger partial charge in [-0.05, 0) is 89.2 Å². The summed E-state index contributed by atoms with van der Waals surface area (Å²) in [6, 6.07) is 38.2. The van der Waals surface area contributed by atoms with Crippen LogP contribution in [0.25, 0.3) is 66.1 Å². The first-order chi connectivity index (χ1) is 21.8. The molecule has 0 spiro atoms. The van der Waals surface area contributed by atoms with Gasteiger partial charge in [0.05, 0.1) is 17.1 Å². The third-order valence-corrected chi connectivity index (χ3v) is 7.94. The van der Waals surface area contributed by atoms with Crippen LogP contribution in [0, 0.1) is 0 Å². The lowest BCUT2D eigenvalue weighted by Crippen LogP contribution is -2.12. The van der Waals surface area contributed by atoms with E-state index in [1.54, 1.807) is 0 Å². The lowest BCUT2D eigenvalue weighted by atomic mass is 9.96. The predicted octanol–water partition coefficient (Wildman–Crippen LogP) is 8.25. The van der Waals surface area contributed by atoms with Gasteiger partial charge in [0, 0.05) is 11.1 Å². The van der Waals surface area contributed by atoms with Crippen LogP contribution in [-0.2, 0) is 0 Å². The van der Waals surface area contributed by atoms with Crippen LogP contribution in [-0.4, -0.2) is 30.9 Å². The maximum atomic E-state index is 5.40. The van der Waals surface area contributed by atoms with E-state index in [0.717, 1.165) is 33.0 Å². The molecular weight excluding hydrogens is 554 g/mol. The first-order valence-electron chi connectivity index (χ1n) is 13.9. The second kappa shape index (κ2) is 9.57. The fraction of sp³-hybridized carbons (Fsp3) is 0. The zero-order valence-electron chi connectivity index (χ0n) is 22.8. The Bertz CT molecular complexity index is 2480. The van der Waals surface area contributed by atoms with Gasteiger partial charge in [-0.2, -0.15) is 0 Å². The number of anilines is 3. The molecule has 0 aliphatic heterocycles. The van der Waals surface area contributed by atoms with Crippen LogP contribution in [0.5, 0.6) is 0 Å². The van der Waals surface area contributed by atoms with Gasteiger partial charge in [0.2, 0.25) is 0 Å². The molecule has 0 unspecified atom stereocenters. The van der Waals surface area contributed by atoms with Gasteiger partial charge in [0.25, 0.3) is 0 Å². The maximum absolute atomic E-state index is 5.40. The molecule has 0 aliphatic carbocycles. The minimum Gasteiger partial charge on any atom is -0.303 e. The van der Waals surface area contributed by atoms with E-state index in [0.29, 0.717) is 50.2 Å². The molecular formula is C34H19N7O3. The van der Waals surface area contributed by atoms with Gasteiger partial charge < -0.3 is 4.90 Å². The van der Waals surface area contributed by atoms with E-state index in [4.69, 9.17) is 13.9 Å². The van der Waals surface area contributed by atoms with Crippen LogP contribution >= 0.6 is 0 Å². The number of fused-ring (bicyclic) bond motifs is 4. The summed E-state index contributed by atoms with van der Waals surface area (Å²) in [6.07, 6.45) is 0. The van der Waals surface area contributed by atoms with Gasteiger partial charge in [-0.15, -0.1) is 0 Å². The summed E-state index contributed by atoms with van der Waals surface area (Å²) in [6.45, 7) is 0. The van der Waals surface area contributed by atoms with E-state index in [9.17, 15) is 0 Å². The first kappa shape index (κ1) is 24.2. The van der Waals surface area contributed by atoms with E-state index < -0.39 is 0 Å². The van der Waals surface area contributed by atoms with Crippen molar-refractivity contribution < 1.29 is 13.9 Å². The normalized spacial score (nSPS) is 11.6. The molecule has 0 N–H and O–H groups in total. The Kier molecular flexibility index (Phi) is 5.26. The Balaban J connectivity index is 1.32. The average Bonchev–Trinajstić information content (AvgIpc) is 3.87. The van der Waals surface area contributed by atoms with E-state index in [1.165, 1.54) is 0 Å². The predicted molar refractivity (Wildman–Crippen MR) is 166 cm³/mol. The minimum absolute atomic E-state index is 0.556. The standard InChI is InChI=1S/C34H19N7O3/c1-2-8-21(9-3-1)23-16-18-28(33-30(23)36-43-39-33)41(27-15-7-14-26-32(27)38-42-35-26)29-19-17-25(31-34(29)40-44-37-31)24-13-6-11-20-10-4-5-12-22(20)24/h1-19H. The zero-order valence-corrected chi connectivity index (χ0v) is 22.8. The van der Waals surface area contributed by atoms with Crippen LogP contribution < -0.4 is 4.90 Å². The van der Waals surface area contributed by atoms with Crippen molar-refractivity contribution in [3.05, 3.63) is 115 Å². The number of aromatic nitrogens is 6. The molecule has 0 saturated heterocycles. The summed E-state index contributed by atoms with van der Waals surface area (Å²) < 4.78 is 15.9. The van der Waals surface area contributed by atoms with Crippen molar-refractivity contribution in [2.24, 2.45) is 0 Å². The third-order valence-electron chi connectivity index (χ3n) is 7.94. The van der Waals surface area contributed by atoms with Gasteiger partial charge >= 0.3 is 0 Å². The van der Waals surface area contributed by atoms with Gasteiger partial charge in [0.1, 0.15) is 16.6 Å². The Morgan fingerprint density at radius 1 is 0.386 bits per heavy atom. The number of benzene rings is 6. The minimum atomic E-state index is 0.556. The summed E-state index contributed by atoms with van der Waals surface area (Å²) in [7, 11) is 0. The van der Waals surface area contributed by atoms with Crippen molar-refractivity contribution in [2.45, 2.75) is 0 Å². The second-order valence-corrected chi connectivity index (χ2v) is 10.3. The Hall–Kier alpha value is -6.42. The van der Waals surface area contributed by atoms with Crippen molar-refractivity contribution in [1.29, 1.82) is 0 Å². The summed E-state index contributed by atoms with van der Waals surface area (Å²) in [5, 5.41) is 28.0. The highest BCUT2D eigenvalue weighted by atomic mass is 16.6. The van der Waals surface area contributed by atoms with Gasteiger partial charge in [-0.3, -0.25) is 0 Å². The summed E-state index contributed by atoms with van der Waals surface area (Å²) >= 11 is 0. The van der Waals surface area contributed by atoms with Crippen molar-refractivity contribution in [3.8, 4) is 22.3 Å². The van der Waals surface area contributed by atoms with Gasteiger partial charge in [0.15, 0.2) is 16.6 Å². The monoisotopic (exact) mass is 573 g/mol. The SMILES string of the molecule is c1ccc(-c2ccc(N(c3cccc4nonc34)c3ccc(-c4cccc5ccccc45)c4nonc34)c3nonc23)cc1. The van der Waals surface area contributed by atoms with E-state index in [1.807, 2.05) is 95.9 Å². The maximum Gasteiger partial charge on any atom is 0.159 e. The van der Waals surface area contributed by atoms with Crippen molar-refractivity contribution >= 4 is 60.9 Å². The molecule has 44 heavy (non-hydrogen) atoms. The lowest BCUT2D eigenvalue weighted by molar-refractivity contribution is 0.315. The molecule has 0 atom stereocenters. The van der Waals surface area contributed by atoms with Crippen LogP contribution in [0.2, 0.25) is 0 Å². The van der Waals surface area contributed by atoms with E-state index in [2.05, 4.69) is 55.2 Å². The number of hydrogen-bond donors (Lipinski definition) is 0. The number of hydrogen-bond acceptors (Lipinski definition) is 10. The smallest absolute Gasteiger partial charge is 0.159 e. The van der Waals surface area contributed by atoms with Crippen LogP contribution in [0.3, 0.4) is 0 Å². The molecule has 6 aromatic carbocycles. The summed E-state index contributed by atoms with van der Waals surface area (Å²) in [4.78, 5) is 1.99. The molecule has 3 heterocycles. The first-order valence-corrected chi connectivity index (χ1v) is 13.9. The van der Waals surface area contributed by atoms with Crippen molar-refractivity contribution in [1.82, 2.24) is 30.9 Å². The number of rotatable bonds is 5. The fourth-order valence-electron chi connectivity index (χ4n) is 5.96. The van der Waals surface area contributed by atoms with Crippen molar-refractivity contribution in [3.63, 3.8) is 0 Å². The average molecular weight is 574 g/mol. The highest BCUT2D eigenvalue weighted by Gasteiger charge is 2.27. The molecule has 0 saturated carbocycles. The topological polar surface area (TPSA) is 120 Å². The van der Waals surface area contributed by atoms with E-state index >= 15 is 0 Å². The van der Waals surface area contributed by atoms with Crippen LogP contribution in [0.15, 0.2) is 129 Å². The molecule has 0 amide bonds. The highest BCUT2D eigenvalue weighted by molar-refractivity contribution is 6.10. The zero-order chi connectivity index (χ0) is 29.0. The van der Waals surface area contributed by atoms with Gasteiger partial charge in [-0.25, -0.2) is 13.9 Å². The molecule has 10 nitrogen and oxygen atoms in total. The molecule has 0 aliphatic rings. The molecule has 9 aromatic rings. The third kappa shape index (κ3) is 3.61. The molecule has 0 radical (unpaired) electrons. The van der Waals surface area contributed by atoms with Crippen LogP contribution in [0.4, 0.5) is 17.1 Å². The largest absolute Gasteiger partial charge is 0.303 e. The highest BCUT2D eigenvalue weighted by Crippen LogP contribution is 2.46. The molecule has 10 heteroatoms.